The van der Waals surface area contributed by atoms with Crippen LogP contribution in [0, 0.1) is 5.41 Å². The van der Waals surface area contributed by atoms with Crippen LogP contribution in [0.2, 0.25) is 0 Å². The maximum Gasteiger partial charge on any atom is 0.431 e. The Balaban J connectivity index is 1.86. The second kappa shape index (κ2) is 7.67. The van der Waals surface area contributed by atoms with Gasteiger partial charge in [-0.25, -0.2) is 15.6 Å². The molecule has 0 bridgehead atoms. The molecule has 0 aromatic carbocycles. The van der Waals surface area contributed by atoms with Crippen molar-refractivity contribution < 1.29 is 9.53 Å². The third-order valence-corrected chi connectivity index (χ3v) is 5.62. The molecule has 1 aliphatic rings. The van der Waals surface area contributed by atoms with Crippen LogP contribution in [0.5, 0.6) is 0 Å². The summed E-state index contributed by atoms with van der Waals surface area (Å²) >= 11 is 3.02. The van der Waals surface area contributed by atoms with Crippen LogP contribution in [0.4, 0.5) is 9.93 Å². The fourth-order valence-corrected chi connectivity index (χ4v) is 3.76. The number of allylic oxidation sites excluding steroid dienone is 1. The second-order valence-electron chi connectivity index (χ2n) is 6.83. The average molecular weight is 369 g/mol. The molecule has 1 aromatic heterocycles. The summed E-state index contributed by atoms with van der Waals surface area (Å²) in [6, 6.07) is 0. The number of ether oxygens (including phenoxy) is 1. The van der Waals surface area contributed by atoms with Crippen molar-refractivity contribution in [2.45, 2.75) is 51.4 Å². The minimum atomic E-state index is -0.602. The number of carbonyl (C=O) groups excluding carboxylic acids is 1. The lowest BCUT2D eigenvalue weighted by molar-refractivity contribution is 0.122. The molecular formula is C16H24N4O2S2. The third-order valence-electron chi connectivity index (χ3n) is 3.35. The molecule has 1 aromatic rings. The van der Waals surface area contributed by atoms with E-state index in [-0.39, 0.29) is 11.5 Å². The van der Waals surface area contributed by atoms with Crippen molar-refractivity contribution in [1.82, 2.24) is 4.98 Å². The largest absolute Gasteiger partial charge is 0.445 e. The Labute approximate surface area is 151 Å². The first kappa shape index (κ1) is 19.0. The van der Waals surface area contributed by atoms with E-state index >= 15 is 0 Å². The molecule has 0 spiro atoms. The SMILES string of the molecule is CC(C)OC(=O)N(N)c1ncc(SCC2=NC=C(C(C)(C)C)C2)s1. The topological polar surface area (TPSA) is 80.8 Å². The lowest BCUT2D eigenvalue weighted by Crippen LogP contribution is -2.39. The number of amides is 1. The molecule has 0 atom stereocenters. The first-order valence-electron chi connectivity index (χ1n) is 7.76. The van der Waals surface area contributed by atoms with E-state index in [0.717, 1.165) is 27.1 Å². The molecule has 8 heteroatoms. The number of rotatable bonds is 5. The fourth-order valence-electron chi connectivity index (χ4n) is 1.95. The number of hydrazine groups is 1. The van der Waals surface area contributed by atoms with Gasteiger partial charge >= 0.3 is 6.09 Å². The molecule has 132 valence electrons. The van der Waals surface area contributed by atoms with Gasteiger partial charge in [0.2, 0.25) is 5.13 Å². The summed E-state index contributed by atoms with van der Waals surface area (Å²) < 4.78 is 6.05. The van der Waals surface area contributed by atoms with Crippen LogP contribution >= 0.6 is 23.1 Å². The van der Waals surface area contributed by atoms with Crippen LogP contribution in [0.1, 0.15) is 41.0 Å². The van der Waals surface area contributed by atoms with E-state index in [4.69, 9.17) is 10.6 Å². The Kier molecular flexibility index (Phi) is 6.06. The van der Waals surface area contributed by atoms with Gasteiger partial charge in [0, 0.05) is 24.1 Å². The number of thiazole rings is 1. The maximum atomic E-state index is 11.8. The molecule has 0 radical (unpaired) electrons. The van der Waals surface area contributed by atoms with Gasteiger partial charge in [0.1, 0.15) is 0 Å². The van der Waals surface area contributed by atoms with E-state index in [9.17, 15) is 4.79 Å². The quantitative estimate of drug-likeness (QED) is 0.364. The smallest absolute Gasteiger partial charge is 0.431 e. The van der Waals surface area contributed by atoms with Gasteiger partial charge in [-0.3, -0.25) is 4.99 Å². The number of aliphatic imine (C=N–C) groups is 1. The van der Waals surface area contributed by atoms with E-state index in [1.165, 1.54) is 16.9 Å². The lowest BCUT2D eigenvalue weighted by atomic mass is 9.85. The minimum absolute atomic E-state index is 0.157. The van der Waals surface area contributed by atoms with Gasteiger partial charge in [0.25, 0.3) is 0 Å². The number of thioether (sulfide) groups is 1. The number of hydrogen-bond donors (Lipinski definition) is 1. The highest BCUT2D eigenvalue weighted by molar-refractivity contribution is 8.01. The summed E-state index contributed by atoms with van der Waals surface area (Å²) in [5.41, 5.74) is 2.67. The molecule has 0 saturated carbocycles. The Morgan fingerprint density at radius 1 is 1.50 bits per heavy atom. The van der Waals surface area contributed by atoms with Crippen molar-refractivity contribution in [3.05, 3.63) is 18.0 Å². The summed E-state index contributed by atoms with van der Waals surface area (Å²) in [5.74, 6) is 6.55. The number of nitrogens with two attached hydrogens (primary N) is 1. The van der Waals surface area contributed by atoms with E-state index in [2.05, 4.69) is 30.7 Å². The molecule has 2 N–H and O–H groups in total. The van der Waals surface area contributed by atoms with Crippen LogP contribution < -0.4 is 10.9 Å². The Morgan fingerprint density at radius 3 is 2.79 bits per heavy atom. The Bertz CT molecular complexity index is 659. The molecule has 0 unspecified atom stereocenters. The predicted molar refractivity (Wildman–Crippen MR) is 101 cm³/mol. The summed E-state index contributed by atoms with van der Waals surface area (Å²) in [7, 11) is 0. The van der Waals surface area contributed by atoms with Crippen LogP contribution in [0.3, 0.4) is 0 Å². The molecular weight excluding hydrogens is 344 g/mol. The zero-order valence-electron chi connectivity index (χ0n) is 14.7. The summed E-state index contributed by atoms with van der Waals surface area (Å²) in [6.45, 7) is 10.2. The van der Waals surface area contributed by atoms with Crippen molar-refractivity contribution in [3.63, 3.8) is 0 Å². The number of hydrogen-bond acceptors (Lipinski definition) is 7. The van der Waals surface area contributed by atoms with Gasteiger partial charge in [-0.2, -0.15) is 5.01 Å². The van der Waals surface area contributed by atoms with Crippen molar-refractivity contribution in [3.8, 4) is 0 Å². The molecule has 0 aliphatic carbocycles. The molecule has 1 amide bonds. The maximum absolute atomic E-state index is 11.8. The molecule has 2 rings (SSSR count). The van der Waals surface area contributed by atoms with Crippen LogP contribution in [-0.2, 0) is 4.74 Å². The van der Waals surface area contributed by atoms with Crippen molar-refractivity contribution >= 4 is 40.0 Å². The number of aromatic nitrogens is 1. The molecule has 1 aliphatic heterocycles. The lowest BCUT2D eigenvalue weighted by Gasteiger charge is -2.19. The van der Waals surface area contributed by atoms with Gasteiger partial charge in [-0.15, -0.1) is 11.8 Å². The fraction of sp³-hybridized carbons (Fsp3) is 0.562. The van der Waals surface area contributed by atoms with E-state index < -0.39 is 6.09 Å². The second-order valence-corrected chi connectivity index (χ2v) is 9.11. The molecule has 0 fully saturated rings. The summed E-state index contributed by atoms with van der Waals surface area (Å²) in [5, 5.41) is 1.37. The molecule has 2 heterocycles. The number of anilines is 1. The Hall–Kier alpha value is -1.38. The van der Waals surface area contributed by atoms with Crippen molar-refractivity contribution in [2.75, 3.05) is 10.8 Å². The standard InChI is InChI=1S/C16H24N4O2S2/c1-10(2)22-15(21)20(17)14-19-8-13(24-14)23-9-12-6-11(7-18-12)16(3,4)5/h7-8,10H,6,9,17H2,1-5H3. The summed E-state index contributed by atoms with van der Waals surface area (Å²) in [6.07, 6.45) is 3.81. The van der Waals surface area contributed by atoms with E-state index in [0.29, 0.717) is 5.13 Å². The van der Waals surface area contributed by atoms with Gasteiger partial charge in [-0.05, 0) is 24.8 Å². The van der Waals surface area contributed by atoms with Gasteiger partial charge in [0.15, 0.2) is 0 Å². The van der Waals surface area contributed by atoms with E-state index in [1.807, 2.05) is 6.20 Å². The highest BCUT2D eigenvalue weighted by Gasteiger charge is 2.22. The zero-order chi connectivity index (χ0) is 17.9. The average Bonchev–Trinajstić information content (AvgIpc) is 3.12. The van der Waals surface area contributed by atoms with E-state index in [1.54, 1.807) is 31.8 Å². The number of nitrogens with zero attached hydrogens (tertiary/aromatic N) is 3. The van der Waals surface area contributed by atoms with Gasteiger partial charge < -0.3 is 4.74 Å². The van der Waals surface area contributed by atoms with Crippen LogP contribution in [0.15, 0.2) is 27.2 Å². The minimum Gasteiger partial charge on any atom is -0.445 e. The Morgan fingerprint density at radius 2 is 2.21 bits per heavy atom. The number of carbonyl (C=O) groups is 1. The highest BCUT2D eigenvalue weighted by Crippen LogP contribution is 2.34. The highest BCUT2D eigenvalue weighted by atomic mass is 32.2. The van der Waals surface area contributed by atoms with Crippen molar-refractivity contribution in [2.24, 2.45) is 16.3 Å². The first-order chi connectivity index (χ1) is 11.2. The monoisotopic (exact) mass is 368 g/mol. The predicted octanol–water partition coefficient (Wildman–Crippen LogP) is 4.24. The first-order valence-corrected chi connectivity index (χ1v) is 9.56. The van der Waals surface area contributed by atoms with Gasteiger partial charge in [0.05, 0.1) is 16.5 Å². The van der Waals surface area contributed by atoms with Crippen LogP contribution in [-0.4, -0.2) is 28.6 Å². The molecule has 0 saturated heterocycles. The zero-order valence-corrected chi connectivity index (χ0v) is 16.3. The third kappa shape index (κ3) is 5.06. The van der Waals surface area contributed by atoms with Crippen molar-refractivity contribution in [1.29, 1.82) is 0 Å². The normalized spacial score (nSPS) is 14.6. The van der Waals surface area contributed by atoms with Gasteiger partial charge in [-0.1, -0.05) is 32.1 Å². The van der Waals surface area contributed by atoms with Crippen LogP contribution in [0.25, 0.3) is 0 Å². The summed E-state index contributed by atoms with van der Waals surface area (Å²) in [4.78, 5) is 20.5. The molecule has 24 heavy (non-hydrogen) atoms. The molecule has 6 nitrogen and oxygen atoms in total.